The summed E-state index contributed by atoms with van der Waals surface area (Å²) in [5.41, 5.74) is 6.14. The monoisotopic (exact) mass is 300 g/mol. The Morgan fingerprint density at radius 3 is 2.32 bits per heavy atom. The van der Waals surface area contributed by atoms with E-state index in [2.05, 4.69) is 5.32 Å². The Bertz CT molecular complexity index is 626. The van der Waals surface area contributed by atoms with Gasteiger partial charge in [-0.2, -0.15) is 0 Å². The van der Waals surface area contributed by atoms with E-state index in [1.165, 1.54) is 0 Å². The van der Waals surface area contributed by atoms with Crippen LogP contribution in [0.2, 0.25) is 0 Å². The Kier molecular flexibility index (Phi) is 5.25. The van der Waals surface area contributed by atoms with Gasteiger partial charge in [0.15, 0.2) is 11.5 Å². The Balaban J connectivity index is 2.07. The van der Waals surface area contributed by atoms with E-state index in [1.54, 1.807) is 7.11 Å². The average Bonchev–Trinajstić information content (AvgIpc) is 2.54. The number of nitrogens with two attached hydrogens (primary N) is 1. The van der Waals surface area contributed by atoms with Gasteiger partial charge < -0.3 is 20.5 Å². The summed E-state index contributed by atoms with van der Waals surface area (Å²) in [7, 11) is 1.60. The lowest BCUT2D eigenvalue weighted by molar-refractivity contribution is -0.118. The van der Waals surface area contributed by atoms with E-state index < -0.39 is 0 Å². The second-order valence-corrected chi connectivity index (χ2v) is 4.78. The molecule has 0 fully saturated rings. The van der Waals surface area contributed by atoms with Crippen molar-refractivity contribution in [3.8, 4) is 17.2 Å². The molecule has 2 aromatic rings. The minimum atomic E-state index is -0.374. The van der Waals surface area contributed by atoms with Gasteiger partial charge in [-0.25, -0.2) is 0 Å². The van der Waals surface area contributed by atoms with Crippen molar-refractivity contribution < 1.29 is 14.3 Å². The first kappa shape index (κ1) is 15.7. The SMILES string of the molecule is CC[C@@H](Nc1ccc(Oc2ccccc2OC)cc1)C(N)=O. The first-order valence-electron chi connectivity index (χ1n) is 7.10. The molecule has 116 valence electrons. The lowest BCUT2D eigenvalue weighted by Crippen LogP contribution is -2.34. The molecule has 2 rings (SSSR count). The summed E-state index contributed by atoms with van der Waals surface area (Å²) in [6.45, 7) is 1.90. The number of benzene rings is 2. The maximum atomic E-state index is 11.2. The number of carbonyl (C=O) groups is 1. The number of hydrogen-bond donors (Lipinski definition) is 2. The standard InChI is InChI=1S/C17H20N2O3/c1-3-14(17(18)20)19-12-8-10-13(11-9-12)22-16-7-5-4-6-15(16)21-2/h4-11,14,19H,3H2,1-2H3,(H2,18,20)/t14-/m1/s1. The minimum Gasteiger partial charge on any atom is -0.493 e. The van der Waals surface area contributed by atoms with Gasteiger partial charge >= 0.3 is 0 Å². The van der Waals surface area contributed by atoms with Crippen LogP contribution in [0, 0.1) is 0 Å². The lowest BCUT2D eigenvalue weighted by Gasteiger charge is -2.15. The quantitative estimate of drug-likeness (QED) is 0.823. The summed E-state index contributed by atoms with van der Waals surface area (Å²) in [6.07, 6.45) is 0.634. The normalized spacial score (nSPS) is 11.5. The number of anilines is 1. The van der Waals surface area contributed by atoms with Crippen LogP contribution in [0.5, 0.6) is 17.2 Å². The van der Waals surface area contributed by atoms with E-state index in [4.69, 9.17) is 15.2 Å². The Morgan fingerprint density at radius 2 is 1.77 bits per heavy atom. The molecule has 5 heteroatoms. The fourth-order valence-electron chi connectivity index (χ4n) is 2.02. The first-order chi connectivity index (χ1) is 10.6. The molecule has 1 atom stereocenters. The van der Waals surface area contributed by atoms with Crippen LogP contribution >= 0.6 is 0 Å². The van der Waals surface area contributed by atoms with Crippen LogP contribution in [0.3, 0.4) is 0 Å². The molecular formula is C17H20N2O3. The molecule has 0 saturated carbocycles. The zero-order valence-electron chi connectivity index (χ0n) is 12.7. The van der Waals surface area contributed by atoms with Gasteiger partial charge in [-0.05, 0) is 42.8 Å². The van der Waals surface area contributed by atoms with E-state index >= 15 is 0 Å². The number of carbonyl (C=O) groups excluding carboxylic acids is 1. The van der Waals surface area contributed by atoms with Crippen molar-refractivity contribution in [2.24, 2.45) is 5.73 Å². The predicted octanol–water partition coefficient (Wildman–Crippen LogP) is 3.16. The molecule has 0 spiro atoms. The molecule has 22 heavy (non-hydrogen) atoms. The lowest BCUT2D eigenvalue weighted by atomic mass is 10.2. The third-order valence-corrected chi connectivity index (χ3v) is 3.24. The first-order valence-corrected chi connectivity index (χ1v) is 7.10. The van der Waals surface area contributed by atoms with Gasteiger partial charge in [0, 0.05) is 5.69 Å². The van der Waals surface area contributed by atoms with Gasteiger partial charge in [-0.15, -0.1) is 0 Å². The molecule has 0 aliphatic heterocycles. The Hall–Kier alpha value is -2.69. The molecule has 0 aliphatic rings. The number of methoxy groups -OCH3 is 1. The summed E-state index contributed by atoms with van der Waals surface area (Å²) in [5, 5.41) is 3.09. The molecule has 5 nitrogen and oxygen atoms in total. The number of amides is 1. The molecule has 3 N–H and O–H groups in total. The number of nitrogens with one attached hydrogen (secondary N) is 1. The molecule has 0 radical (unpaired) electrons. The predicted molar refractivity (Wildman–Crippen MR) is 86.4 cm³/mol. The van der Waals surface area contributed by atoms with Crippen molar-refractivity contribution in [1.82, 2.24) is 0 Å². The number of para-hydroxylation sites is 2. The van der Waals surface area contributed by atoms with Crippen molar-refractivity contribution >= 4 is 11.6 Å². The zero-order chi connectivity index (χ0) is 15.9. The van der Waals surface area contributed by atoms with Gasteiger partial charge in [0.2, 0.25) is 5.91 Å². The number of primary amides is 1. The minimum absolute atomic E-state index is 0.364. The summed E-state index contributed by atoms with van der Waals surface area (Å²) in [4.78, 5) is 11.2. The van der Waals surface area contributed by atoms with Crippen molar-refractivity contribution in [3.63, 3.8) is 0 Å². The highest BCUT2D eigenvalue weighted by Crippen LogP contribution is 2.31. The molecule has 0 heterocycles. The number of hydrogen-bond acceptors (Lipinski definition) is 4. The Morgan fingerprint density at radius 1 is 1.14 bits per heavy atom. The molecule has 0 unspecified atom stereocenters. The largest absolute Gasteiger partial charge is 0.493 e. The van der Waals surface area contributed by atoms with Gasteiger partial charge in [0.1, 0.15) is 11.8 Å². The zero-order valence-corrected chi connectivity index (χ0v) is 12.7. The third-order valence-electron chi connectivity index (χ3n) is 3.24. The topological polar surface area (TPSA) is 73.6 Å². The van der Waals surface area contributed by atoms with Crippen molar-refractivity contribution in [1.29, 1.82) is 0 Å². The highest BCUT2D eigenvalue weighted by atomic mass is 16.5. The fourth-order valence-corrected chi connectivity index (χ4v) is 2.02. The van der Waals surface area contributed by atoms with E-state index in [-0.39, 0.29) is 11.9 Å². The maximum Gasteiger partial charge on any atom is 0.239 e. The van der Waals surface area contributed by atoms with Crippen LogP contribution in [0.25, 0.3) is 0 Å². The van der Waals surface area contributed by atoms with Crippen molar-refractivity contribution in [2.75, 3.05) is 12.4 Å². The number of rotatable bonds is 7. The molecule has 0 saturated heterocycles. The molecule has 0 aromatic heterocycles. The van der Waals surface area contributed by atoms with Gasteiger partial charge in [0.25, 0.3) is 0 Å². The van der Waals surface area contributed by atoms with Crippen LogP contribution in [-0.4, -0.2) is 19.1 Å². The third kappa shape index (κ3) is 3.91. The summed E-state index contributed by atoms with van der Waals surface area (Å²) >= 11 is 0. The van der Waals surface area contributed by atoms with Crippen LogP contribution in [0.4, 0.5) is 5.69 Å². The number of ether oxygens (including phenoxy) is 2. The van der Waals surface area contributed by atoms with E-state index in [0.717, 1.165) is 5.69 Å². The Labute approximate surface area is 130 Å². The van der Waals surface area contributed by atoms with Gasteiger partial charge in [-0.3, -0.25) is 4.79 Å². The molecule has 1 amide bonds. The molecule has 0 bridgehead atoms. The van der Waals surface area contributed by atoms with E-state index in [9.17, 15) is 4.79 Å². The summed E-state index contributed by atoms with van der Waals surface area (Å²) in [6, 6.07) is 14.4. The summed E-state index contributed by atoms with van der Waals surface area (Å²) in [5.74, 6) is 1.64. The molecule has 2 aromatic carbocycles. The van der Waals surface area contributed by atoms with E-state index in [0.29, 0.717) is 23.7 Å². The molecular weight excluding hydrogens is 280 g/mol. The summed E-state index contributed by atoms with van der Waals surface area (Å²) < 4.78 is 11.0. The highest BCUT2D eigenvalue weighted by Gasteiger charge is 2.12. The van der Waals surface area contributed by atoms with Crippen LogP contribution < -0.4 is 20.5 Å². The van der Waals surface area contributed by atoms with Crippen LogP contribution in [-0.2, 0) is 4.79 Å². The van der Waals surface area contributed by atoms with Crippen LogP contribution in [0.15, 0.2) is 48.5 Å². The fraction of sp³-hybridized carbons (Fsp3) is 0.235. The smallest absolute Gasteiger partial charge is 0.239 e. The second kappa shape index (κ2) is 7.36. The average molecular weight is 300 g/mol. The van der Waals surface area contributed by atoms with Gasteiger partial charge in [0.05, 0.1) is 7.11 Å². The molecule has 0 aliphatic carbocycles. The van der Waals surface area contributed by atoms with Crippen LogP contribution in [0.1, 0.15) is 13.3 Å². The van der Waals surface area contributed by atoms with Crippen molar-refractivity contribution in [3.05, 3.63) is 48.5 Å². The highest BCUT2D eigenvalue weighted by molar-refractivity contribution is 5.82. The second-order valence-electron chi connectivity index (χ2n) is 4.78. The van der Waals surface area contributed by atoms with E-state index in [1.807, 2.05) is 55.5 Å². The maximum absolute atomic E-state index is 11.2. The van der Waals surface area contributed by atoms with Crippen molar-refractivity contribution in [2.45, 2.75) is 19.4 Å². The van der Waals surface area contributed by atoms with Gasteiger partial charge in [-0.1, -0.05) is 19.1 Å².